The highest BCUT2D eigenvalue weighted by molar-refractivity contribution is 5.51. The van der Waals surface area contributed by atoms with Crippen LogP contribution in [0.1, 0.15) is 29.0 Å². The summed E-state index contributed by atoms with van der Waals surface area (Å²) in [5, 5.41) is 0. The first-order chi connectivity index (χ1) is 10.5. The zero-order valence-electron chi connectivity index (χ0n) is 13.2. The summed E-state index contributed by atoms with van der Waals surface area (Å²) in [4.78, 5) is 2.36. The highest BCUT2D eigenvalue weighted by Crippen LogP contribution is 2.30. The molecule has 1 saturated heterocycles. The van der Waals surface area contributed by atoms with Crippen LogP contribution in [0.25, 0.3) is 0 Å². The second kappa shape index (κ2) is 6.09. The molecule has 2 nitrogen and oxygen atoms in total. The first kappa shape index (κ1) is 15.0. The van der Waals surface area contributed by atoms with E-state index >= 15 is 0 Å². The number of halogens is 1. The van der Waals surface area contributed by atoms with Crippen LogP contribution in [0.3, 0.4) is 0 Å². The lowest BCUT2D eigenvalue weighted by Gasteiger charge is -2.38. The Morgan fingerprint density at radius 1 is 1.00 bits per heavy atom. The van der Waals surface area contributed by atoms with Crippen LogP contribution in [0, 0.1) is 19.7 Å². The molecule has 0 saturated carbocycles. The highest BCUT2D eigenvalue weighted by atomic mass is 19.1. The zero-order valence-corrected chi connectivity index (χ0v) is 13.2. The van der Waals surface area contributed by atoms with Gasteiger partial charge in [-0.2, -0.15) is 0 Å². The van der Waals surface area contributed by atoms with E-state index in [-0.39, 0.29) is 11.9 Å². The third-order valence-corrected chi connectivity index (χ3v) is 4.68. The van der Waals surface area contributed by atoms with Crippen LogP contribution < -0.4 is 10.6 Å². The predicted octanol–water partition coefficient (Wildman–Crippen LogP) is 3.76. The van der Waals surface area contributed by atoms with Gasteiger partial charge >= 0.3 is 0 Å². The molecule has 1 aliphatic rings. The van der Waals surface area contributed by atoms with Crippen LogP contribution in [0.15, 0.2) is 42.5 Å². The van der Waals surface area contributed by atoms with Crippen molar-refractivity contribution >= 4 is 5.69 Å². The summed E-state index contributed by atoms with van der Waals surface area (Å²) in [6, 6.07) is 13.6. The first-order valence-electron chi connectivity index (χ1n) is 7.86. The molecule has 0 aliphatic carbocycles. The quantitative estimate of drug-likeness (QED) is 0.914. The van der Waals surface area contributed by atoms with Gasteiger partial charge in [-0.15, -0.1) is 0 Å². The summed E-state index contributed by atoms with van der Waals surface area (Å²) in [7, 11) is 0. The number of piperidine rings is 1. The molecule has 2 N–H and O–H groups in total. The van der Waals surface area contributed by atoms with Crippen molar-refractivity contribution in [2.24, 2.45) is 5.73 Å². The second-order valence-corrected chi connectivity index (χ2v) is 6.42. The zero-order chi connectivity index (χ0) is 15.7. The molecule has 3 heteroatoms. The molecule has 0 radical (unpaired) electrons. The molecule has 1 aliphatic heterocycles. The summed E-state index contributed by atoms with van der Waals surface area (Å²) >= 11 is 0. The number of nitrogens with zero attached hydrogens (tertiary/aromatic N) is 1. The number of benzene rings is 2. The minimum absolute atomic E-state index is 0.144. The van der Waals surface area contributed by atoms with Crippen molar-refractivity contribution in [2.75, 3.05) is 18.0 Å². The molecule has 0 bridgehead atoms. The second-order valence-electron chi connectivity index (χ2n) is 6.42. The largest absolute Gasteiger partial charge is 0.369 e. The molecule has 1 heterocycles. The van der Waals surface area contributed by atoms with Crippen molar-refractivity contribution in [1.29, 1.82) is 0 Å². The molecule has 0 amide bonds. The Labute approximate surface area is 131 Å². The molecule has 2 unspecified atom stereocenters. The molecular formula is C19H23FN2. The lowest BCUT2D eigenvalue weighted by molar-refractivity contribution is 0.453. The summed E-state index contributed by atoms with van der Waals surface area (Å²) in [6.45, 7) is 6.07. The van der Waals surface area contributed by atoms with E-state index in [0.29, 0.717) is 5.92 Å². The summed E-state index contributed by atoms with van der Waals surface area (Å²) < 4.78 is 13.1. The normalized spacial score (nSPS) is 21.9. The van der Waals surface area contributed by atoms with Gasteiger partial charge in [0.05, 0.1) is 0 Å². The predicted molar refractivity (Wildman–Crippen MR) is 89.9 cm³/mol. The van der Waals surface area contributed by atoms with E-state index in [2.05, 4.69) is 36.9 Å². The Morgan fingerprint density at radius 3 is 2.41 bits per heavy atom. The number of hydrogen-bond acceptors (Lipinski definition) is 2. The summed E-state index contributed by atoms with van der Waals surface area (Å²) in [5.74, 6) is 0.167. The van der Waals surface area contributed by atoms with Crippen LogP contribution in [-0.2, 0) is 0 Å². The van der Waals surface area contributed by atoms with Crippen molar-refractivity contribution in [2.45, 2.75) is 32.2 Å². The molecule has 22 heavy (non-hydrogen) atoms. The van der Waals surface area contributed by atoms with Crippen molar-refractivity contribution in [3.63, 3.8) is 0 Å². The Kier molecular flexibility index (Phi) is 4.16. The van der Waals surface area contributed by atoms with Gasteiger partial charge in [0.1, 0.15) is 5.82 Å². The molecular weight excluding hydrogens is 275 g/mol. The fourth-order valence-electron chi connectivity index (χ4n) is 3.25. The van der Waals surface area contributed by atoms with Gasteiger partial charge in [0.2, 0.25) is 0 Å². The Balaban J connectivity index is 1.84. The molecule has 1 fully saturated rings. The van der Waals surface area contributed by atoms with Crippen LogP contribution in [-0.4, -0.2) is 19.1 Å². The SMILES string of the molecule is Cc1ccc(N2CC(N)CC(c3ccc(F)cc3)C2)cc1C. The third kappa shape index (κ3) is 3.14. The number of aryl methyl sites for hydroxylation is 2. The lowest BCUT2D eigenvalue weighted by Crippen LogP contribution is -2.46. The van der Waals surface area contributed by atoms with E-state index in [9.17, 15) is 4.39 Å². The van der Waals surface area contributed by atoms with Crippen LogP contribution in [0.4, 0.5) is 10.1 Å². The highest BCUT2D eigenvalue weighted by Gasteiger charge is 2.26. The van der Waals surface area contributed by atoms with E-state index in [1.54, 1.807) is 0 Å². The van der Waals surface area contributed by atoms with Crippen LogP contribution in [0.2, 0.25) is 0 Å². The number of nitrogens with two attached hydrogens (primary N) is 1. The van der Waals surface area contributed by atoms with Crippen molar-refractivity contribution in [3.05, 3.63) is 65.0 Å². The number of hydrogen-bond donors (Lipinski definition) is 1. The molecule has 0 aromatic heterocycles. The van der Waals surface area contributed by atoms with Gasteiger partial charge in [-0.25, -0.2) is 4.39 Å². The molecule has 2 aromatic rings. The van der Waals surface area contributed by atoms with Gasteiger partial charge in [0.25, 0.3) is 0 Å². The molecule has 2 aromatic carbocycles. The Morgan fingerprint density at radius 2 is 1.73 bits per heavy atom. The van der Waals surface area contributed by atoms with E-state index in [0.717, 1.165) is 19.5 Å². The molecule has 0 spiro atoms. The Hall–Kier alpha value is -1.87. The van der Waals surface area contributed by atoms with Crippen molar-refractivity contribution in [1.82, 2.24) is 0 Å². The van der Waals surface area contributed by atoms with Crippen molar-refractivity contribution in [3.8, 4) is 0 Å². The molecule has 116 valence electrons. The van der Waals surface area contributed by atoms with E-state index in [4.69, 9.17) is 5.73 Å². The van der Waals surface area contributed by atoms with E-state index in [1.165, 1.54) is 34.5 Å². The lowest BCUT2D eigenvalue weighted by atomic mass is 9.88. The minimum atomic E-state index is -0.185. The van der Waals surface area contributed by atoms with Crippen molar-refractivity contribution < 1.29 is 4.39 Å². The molecule has 2 atom stereocenters. The fraction of sp³-hybridized carbons (Fsp3) is 0.368. The smallest absolute Gasteiger partial charge is 0.123 e. The van der Waals surface area contributed by atoms with Crippen LogP contribution in [0.5, 0.6) is 0 Å². The number of rotatable bonds is 2. The maximum absolute atomic E-state index is 13.1. The van der Waals surface area contributed by atoms with Gasteiger partial charge < -0.3 is 10.6 Å². The van der Waals surface area contributed by atoms with Gasteiger partial charge in [0.15, 0.2) is 0 Å². The standard InChI is InChI=1S/C19H23FN2/c1-13-3-8-19(9-14(13)2)22-11-16(10-18(21)12-22)15-4-6-17(20)7-5-15/h3-9,16,18H,10-12,21H2,1-2H3. The maximum atomic E-state index is 13.1. The Bertz CT molecular complexity index is 651. The maximum Gasteiger partial charge on any atom is 0.123 e. The topological polar surface area (TPSA) is 29.3 Å². The summed E-state index contributed by atoms with van der Waals surface area (Å²) in [5.41, 5.74) is 11.3. The monoisotopic (exact) mass is 298 g/mol. The van der Waals surface area contributed by atoms with E-state index in [1.807, 2.05) is 12.1 Å². The van der Waals surface area contributed by atoms with Gasteiger partial charge in [-0.1, -0.05) is 18.2 Å². The number of anilines is 1. The minimum Gasteiger partial charge on any atom is -0.369 e. The van der Waals surface area contributed by atoms with Gasteiger partial charge in [0, 0.05) is 30.7 Å². The molecule has 3 rings (SSSR count). The average Bonchev–Trinajstić information content (AvgIpc) is 2.50. The first-order valence-corrected chi connectivity index (χ1v) is 7.86. The third-order valence-electron chi connectivity index (χ3n) is 4.68. The van der Waals surface area contributed by atoms with Crippen LogP contribution >= 0.6 is 0 Å². The summed E-state index contributed by atoms with van der Waals surface area (Å²) in [6.07, 6.45) is 0.951. The fourth-order valence-corrected chi connectivity index (χ4v) is 3.25. The van der Waals surface area contributed by atoms with E-state index < -0.39 is 0 Å². The van der Waals surface area contributed by atoms with Gasteiger partial charge in [-0.05, 0) is 61.2 Å². The average molecular weight is 298 g/mol. The van der Waals surface area contributed by atoms with Gasteiger partial charge in [-0.3, -0.25) is 0 Å².